The van der Waals surface area contributed by atoms with E-state index in [4.69, 9.17) is 10.5 Å². The Bertz CT molecular complexity index is 577. The first-order chi connectivity index (χ1) is 12.1. The lowest BCUT2D eigenvalue weighted by Crippen LogP contribution is -2.35. The van der Waals surface area contributed by atoms with Crippen LogP contribution in [0.3, 0.4) is 0 Å². The normalized spacial score (nSPS) is 17.6. The average Bonchev–Trinajstić information content (AvgIpc) is 2.82. The number of urea groups is 1. The fourth-order valence-electron chi connectivity index (χ4n) is 3.22. The molecule has 0 aromatic heterocycles. The summed E-state index contributed by atoms with van der Waals surface area (Å²) in [6, 6.07) is 7.15. The highest BCUT2D eigenvalue weighted by Gasteiger charge is 2.21. The molecule has 6 heteroatoms. The molecule has 1 aromatic rings. The van der Waals surface area contributed by atoms with E-state index in [0.29, 0.717) is 11.4 Å². The highest BCUT2D eigenvalue weighted by molar-refractivity contribution is 5.91. The van der Waals surface area contributed by atoms with Crippen LogP contribution in [-0.4, -0.2) is 36.5 Å². The van der Waals surface area contributed by atoms with E-state index in [0.717, 1.165) is 31.8 Å². The highest BCUT2D eigenvalue weighted by Crippen LogP contribution is 2.26. The number of likely N-dealkylation sites (tertiary alicyclic amines) is 1. The Kier molecular flexibility index (Phi) is 7.57. The second-order valence-corrected chi connectivity index (χ2v) is 6.56. The van der Waals surface area contributed by atoms with Crippen molar-refractivity contribution in [1.29, 1.82) is 0 Å². The Morgan fingerprint density at radius 1 is 1.28 bits per heavy atom. The molecule has 1 aromatic carbocycles. The van der Waals surface area contributed by atoms with E-state index in [1.165, 1.54) is 19.3 Å². The van der Waals surface area contributed by atoms with E-state index >= 15 is 0 Å². The predicted molar refractivity (Wildman–Crippen MR) is 98.6 cm³/mol. The van der Waals surface area contributed by atoms with Gasteiger partial charge in [-0.2, -0.15) is 0 Å². The van der Waals surface area contributed by atoms with Gasteiger partial charge in [-0.15, -0.1) is 0 Å². The van der Waals surface area contributed by atoms with Crippen LogP contribution in [0.1, 0.15) is 45.4 Å². The quantitative estimate of drug-likeness (QED) is 0.793. The van der Waals surface area contributed by atoms with Gasteiger partial charge in [0.2, 0.25) is 5.91 Å². The van der Waals surface area contributed by atoms with Gasteiger partial charge in [0.25, 0.3) is 0 Å². The van der Waals surface area contributed by atoms with Gasteiger partial charge in [0.1, 0.15) is 5.75 Å². The monoisotopic (exact) mass is 347 g/mol. The highest BCUT2D eigenvalue weighted by atomic mass is 16.5. The minimum absolute atomic E-state index is 0.0944. The number of hydrogen-bond acceptors (Lipinski definition) is 3. The van der Waals surface area contributed by atoms with Gasteiger partial charge in [0.05, 0.1) is 18.7 Å². The van der Waals surface area contributed by atoms with Crippen molar-refractivity contribution >= 4 is 17.6 Å². The van der Waals surface area contributed by atoms with Crippen LogP contribution in [0.25, 0.3) is 0 Å². The summed E-state index contributed by atoms with van der Waals surface area (Å²) in [7, 11) is 0. The van der Waals surface area contributed by atoms with Crippen molar-refractivity contribution < 1.29 is 14.3 Å². The lowest BCUT2D eigenvalue weighted by molar-refractivity contribution is -0.118. The molecule has 25 heavy (non-hydrogen) atoms. The SMILES string of the molecule is CCC[C@@H]1CCCN(C(=O)Nc2ccccc2OCCC(N)=O)CC1. The molecule has 1 fully saturated rings. The Labute approximate surface area is 149 Å². The zero-order chi connectivity index (χ0) is 18.1. The van der Waals surface area contributed by atoms with Crippen LogP contribution in [0.15, 0.2) is 24.3 Å². The van der Waals surface area contributed by atoms with E-state index < -0.39 is 5.91 Å². The van der Waals surface area contributed by atoms with E-state index in [1.807, 2.05) is 17.0 Å². The second-order valence-electron chi connectivity index (χ2n) is 6.56. The molecule has 0 spiro atoms. The molecule has 0 saturated carbocycles. The Morgan fingerprint density at radius 3 is 2.84 bits per heavy atom. The van der Waals surface area contributed by atoms with Crippen LogP contribution in [0.4, 0.5) is 10.5 Å². The molecule has 1 aliphatic rings. The van der Waals surface area contributed by atoms with Crippen LogP contribution < -0.4 is 15.8 Å². The number of ether oxygens (including phenoxy) is 1. The molecule has 3 amide bonds. The first-order valence-electron chi connectivity index (χ1n) is 9.16. The number of nitrogens with one attached hydrogen (secondary N) is 1. The third-order valence-electron chi connectivity index (χ3n) is 4.57. The fourth-order valence-corrected chi connectivity index (χ4v) is 3.22. The number of para-hydroxylation sites is 2. The molecule has 0 unspecified atom stereocenters. The Balaban J connectivity index is 1.92. The van der Waals surface area contributed by atoms with Crippen molar-refractivity contribution in [3.63, 3.8) is 0 Å². The zero-order valence-corrected chi connectivity index (χ0v) is 15.0. The second kappa shape index (κ2) is 9.91. The van der Waals surface area contributed by atoms with Crippen molar-refractivity contribution in [2.45, 2.75) is 45.4 Å². The minimum atomic E-state index is -0.410. The Morgan fingerprint density at radius 2 is 2.08 bits per heavy atom. The van der Waals surface area contributed by atoms with Gasteiger partial charge in [-0.25, -0.2) is 4.79 Å². The van der Waals surface area contributed by atoms with Gasteiger partial charge in [0, 0.05) is 13.1 Å². The third-order valence-corrected chi connectivity index (χ3v) is 4.57. The number of benzene rings is 1. The summed E-state index contributed by atoms with van der Waals surface area (Å²) < 4.78 is 5.58. The number of nitrogens with two attached hydrogens (primary N) is 1. The smallest absolute Gasteiger partial charge is 0.321 e. The summed E-state index contributed by atoms with van der Waals surface area (Å²) in [4.78, 5) is 25.3. The Hall–Kier alpha value is -2.24. The number of carbonyl (C=O) groups excluding carboxylic acids is 2. The molecular weight excluding hydrogens is 318 g/mol. The number of rotatable bonds is 7. The van der Waals surface area contributed by atoms with Crippen LogP contribution in [0, 0.1) is 5.92 Å². The molecule has 6 nitrogen and oxygen atoms in total. The zero-order valence-electron chi connectivity index (χ0n) is 15.0. The van der Waals surface area contributed by atoms with Gasteiger partial charge in [-0.1, -0.05) is 31.9 Å². The molecular formula is C19H29N3O3. The molecule has 1 atom stereocenters. The lowest BCUT2D eigenvalue weighted by atomic mass is 9.96. The van der Waals surface area contributed by atoms with Gasteiger partial charge in [-0.05, 0) is 37.3 Å². The number of primary amides is 1. The maximum Gasteiger partial charge on any atom is 0.321 e. The summed E-state index contributed by atoms with van der Waals surface area (Å²) in [5, 5.41) is 2.94. The predicted octanol–water partition coefficient (Wildman–Crippen LogP) is 3.37. The minimum Gasteiger partial charge on any atom is -0.491 e. The van der Waals surface area contributed by atoms with Crippen LogP contribution in [-0.2, 0) is 4.79 Å². The molecule has 0 radical (unpaired) electrons. The maximum atomic E-state index is 12.6. The molecule has 1 saturated heterocycles. The van der Waals surface area contributed by atoms with Crippen molar-refractivity contribution in [1.82, 2.24) is 4.90 Å². The van der Waals surface area contributed by atoms with Crippen LogP contribution >= 0.6 is 0 Å². The van der Waals surface area contributed by atoms with Crippen molar-refractivity contribution in [2.75, 3.05) is 25.0 Å². The summed E-state index contributed by atoms with van der Waals surface area (Å²) in [6.45, 7) is 3.99. The lowest BCUT2D eigenvalue weighted by Gasteiger charge is -2.22. The average molecular weight is 347 g/mol. The molecule has 3 N–H and O–H groups in total. The fraction of sp³-hybridized carbons (Fsp3) is 0.579. The van der Waals surface area contributed by atoms with E-state index in [1.54, 1.807) is 12.1 Å². The van der Waals surface area contributed by atoms with Gasteiger partial charge < -0.3 is 20.7 Å². The molecule has 0 bridgehead atoms. The third kappa shape index (κ3) is 6.29. The largest absolute Gasteiger partial charge is 0.491 e. The topological polar surface area (TPSA) is 84.7 Å². The number of amides is 3. The summed E-state index contributed by atoms with van der Waals surface area (Å²) in [5.41, 5.74) is 5.74. The molecule has 138 valence electrons. The summed E-state index contributed by atoms with van der Waals surface area (Å²) >= 11 is 0. The summed E-state index contributed by atoms with van der Waals surface area (Å²) in [6.07, 6.45) is 5.91. The van der Waals surface area contributed by atoms with Gasteiger partial charge >= 0.3 is 6.03 Å². The number of nitrogens with zero attached hydrogens (tertiary/aromatic N) is 1. The van der Waals surface area contributed by atoms with Crippen LogP contribution in [0.5, 0.6) is 5.75 Å². The molecule has 0 aliphatic carbocycles. The van der Waals surface area contributed by atoms with Crippen molar-refractivity contribution in [2.24, 2.45) is 11.7 Å². The maximum absolute atomic E-state index is 12.6. The van der Waals surface area contributed by atoms with Crippen molar-refractivity contribution in [3.8, 4) is 5.75 Å². The number of carbonyl (C=O) groups is 2. The van der Waals surface area contributed by atoms with Crippen molar-refractivity contribution in [3.05, 3.63) is 24.3 Å². The van der Waals surface area contributed by atoms with Gasteiger partial charge in [-0.3, -0.25) is 4.79 Å². The van der Waals surface area contributed by atoms with E-state index in [-0.39, 0.29) is 19.1 Å². The first kappa shape index (κ1) is 19.1. The molecule has 1 heterocycles. The van der Waals surface area contributed by atoms with Crippen LogP contribution in [0.2, 0.25) is 0 Å². The standard InChI is InChI=1S/C19H29N3O3/c1-2-6-15-7-5-12-22(13-10-15)19(24)21-16-8-3-4-9-17(16)25-14-11-18(20)23/h3-4,8-9,15H,2,5-7,10-14H2,1H3,(H2,20,23)(H,21,24)/t15-/m1/s1. The molecule has 2 rings (SSSR count). The summed E-state index contributed by atoms with van der Waals surface area (Å²) in [5.74, 6) is 0.871. The van der Waals surface area contributed by atoms with E-state index in [9.17, 15) is 9.59 Å². The molecule has 1 aliphatic heterocycles. The number of hydrogen-bond donors (Lipinski definition) is 2. The number of anilines is 1. The first-order valence-corrected chi connectivity index (χ1v) is 9.16. The van der Waals surface area contributed by atoms with E-state index in [2.05, 4.69) is 12.2 Å². The van der Waals surface area contributed by atoms with Gasteiger partial charge in [0.15, 0.2) is 0 Å².